The molecular formula is C16H16ClFN2O. The van der Waals surface area contributed by atoms with Crippen molar-refractivity contribution in [2.24, 2.45) is 5.73 Å². The molecule has 1 amide bonds. The van der Waals surface area contributed by atoms with Gasteiger partial charge in [0.15, 0.2) is 0 Å². The molecular weight excluding hydrogens is 291 g/mol. The number of carbonyl (C=O) groups excluding carboxylic acids is 1. The third-order valence-corrected chi connectivity index (χ3v) is 3.65. The highest BCUT2D eigenvalue weighted by atomic mass is 35.5. The van der Waals surface area contributed by atoms with Gasteiger partial charge in [-0.1, -0.05) is 35.9 Å². The van der Waals surface area contributed by atoms with E-state index in [0.717, 1.165) is 11.6 Å². The van der Waals surface area contributed by atoms with E-state index in [-0.39, 0.29) is 11.6 Å². The van der Waals surface area contributed by atoms with Gasteiger partial charge in [-0.3, -0.25) is 4.79 Å². The highest BCUT2D eigenvalue weighted by Gasteiger charge is 2.11. The van der Waals surface area contributed by atoms with Crippen molar-refractivity contribution in [1.82, 2.24) is 5.32 Å². The predicted molar refractivity (Wildman–Crippen MR) is 81.6 cm³/mol. The van der Waals surface area contributed by atoms with Crippen LogP contribution in [0.5, 0.6) is 0 Å². The fraction of sp³-hybridized carbons (Fsp3) is 0.188. The Morgan fingerprint density at radius 2 is 2.05 bits per heavy atom. The van der Waals surface area contributed by atoms with Gasteiger partial charge in [0.1, 0.15) is 5.82 Å². The van der Waals surface area contributed by atoms with Crippen molar-refractivity contribution in [3.63, 3.8) is 0 Å². The van der Waals surface area contributed by atoms with Crippen molar-refractivity contribution >= 4 is 17.5 Å². The van der Waals surface area contributed by atoms with Crippen LogP contribution in [0.1, 0.15) is 34.5 Å². The van der Waals surface area contributed by atoms with E-state index in [1.54, 1.807) is 6.07 Å². The number of nitrogens with two attached hydrogens (primary N) is 1. The number of rotatable bonds is 5. The van der Waals surface area contributed by atoms with E-state index in [1.165, 1.54) is 6.07 Å². The molecule has 110 valence electrons. The zero-order valence-electron chi connectivity index (χ0n) is 11.6. The molecule has 0 saturated heterocycles. The summed E-state index contributed by atoms with van der Waals surface area (Å²) >= 11 is 6.12. The molecule has 1 atom stereocenters. The molecule has 0 heterocycles. The SMILES string of the molecule is C[C@@H](NCc1ccc(C(N)=O)cc1F)c1ccccc1Cl. The molecule has 3 nitrogen and oxygen atoms in total. The minimum atomic E-state index is -0.641. The van der Waals surface area contributed by atoms with Gasteiger partial charge in [0, 0.05) is 28.7 Å². The summed E-state index contributed by atoms with van der Waals surface area (Å²) in [5, 5.41) is 3.87. The molecule has 2 aromatic carbocycles. The Morgan fingerprint density at radius 3 is 2.67 bits per heavy atom. The Bertz CT molecular complexity index is 660. The first kappa shape index (κ1) is 15.5. The molecule has 0 aliphatic carbocycles. The van der Waals surface area contributed by atoms with Crippen molar-refractivity contribution in [3.8, 4) is 0 Å². The van der Waals surface area contributed by atoms with Gasteiger partial charge < -0.3 is 11.1 Å². The monoisotopic (exact) mass is 306 g/mol. The second-order valence-electron chi connectivity index (χ2n) is 4.79. The largest absolute Gasteiger partial charge is 0.366 e. The zero-order valence-corrected chi connectivity index (χ0v) is 12.3. The van der Waals surface area contributed by atoms with Crippen LogP contribution < -0.4 is 11.1 Å². The van der Waals surface area contributed by atoms with Crippen LogP contribution in [0.25, 0.3) is 0 Å². The third-order valence-electron chi connectivity index (χ3n) is 3.31. The number of benzene rings is 2. The Labute approximate surface area is 127 Å². The quantitative estimate of drug-likeness (QED) is 0.889. The van der Waals surface area contributed by atoms with Crippen molar-refractivity contribution < 1.29 is 9.18 Å². The van der Waals surface area contributed by atoms with Gasteiger partial charge in [-0.2, -0.15) is 0 Å². The van der Waals surface area contributed by atoms with E-state index in [4.69, 9.17) is 17.3 Å². The molecule has 21 heavy (non-hydrogen) atoms. The van der Waals surface area contributed by atoms with Gasteiger partial charge in [-0.05, 0) is 30.7 Å². The zero-order chi connectivity index (χ0) is 15.4. The molecule has 0 fully saturated rings. The van der Waals surface area contributed by atoms with Gasteiger partial charge in [0.2, 0.25) is 5.91 Å². The number of carbonyl (C=O) groups is 1. The molecule has 2 aromatic rings. The normalized spacial score (nSPS) is 12.1. The maximum atomic E-state index is 13.9. The summed E-state index contributed by atoms with van der Waals surface area (Å²) in [5.41, 5.74) is 6.70. The molecule has 0 spiro atoms. The summed E-state index contributed by atoms with van der Waals surface area (Å²) in [6.07, 6.45) is 0. The van der Waals surface area contributed by atoms with Gasteiger partial charge in [-0.25, -0.2) is 4.39 Å². The maximum absolute atomic E-state index is 13.9. The minimum Gasteiger partial charge on any atom is -0.366 e. The Hall–Kier alpha value is -1.91. The lowest BCUT2D eigenvalue weighted by Crippen LogP contribution is -2.19. The molecule has 2 rings (SSSR count). The molecule has 0 unspecified atom stereocenters. The lowest BCUT2D eigenvalue weighted by Gasteiger charge is -2.16. The lowest BCUT2D eigenvalue weighted by atomic mass is 10.1. The molecule has 5 heteroatoms. The summed E-state index contributed by atoms with van der Waals surface area (Å²) in [4.78, 5) is 11.0. The second-order valence-corrected chi connectivity index (χ2v) is 5.20. The summed E-state index contributed by atoms with van der Waals surface area (Å²) in [5.74, 6) is -1.09. The van der Waals surface area contributed by atoms with Crippen molar-refractivity contribution in [2.75, 3.05) is 0 Å². The number of nitrogens with one attached hydrogen (secondary N) is 1. The first-order valence-electron chi connectivity index (χ1n) is 6.55. The summed E-state index contributed by atoms with van der Waals surface area (Å²) < 4.78 is 13.9. The van der Waals surface area contributed by atoms with Crippen LogP contribution in [0.3, 0.4) is 0 Å². The first-order chi connectivity index (χ1) is 9.99. The third kappa shape index (κ3) is 3.80. The fourth-order valence-electron chi connectivity index (χ4n) is 2.04. The van der Waals surface area contributed by atoms with Gasteiger partial charge in [0.25, 0.3) is 0 Å². The van der Waals surface area contributed by atoms with Gasteiger partial charge >= 0.3 is 0 Å². The number of amides is 1. The van der Waals surface area contributed by atoms with Crippen molar-refractivity contribution in [3.05, 3.63) is 70.0 Å². The topological polar surface area (TPSA) is 55.1 Å². The van der Waals surface area contributed by atoms with Crippen molar-refractivity contribution in [2.45, 2.75) is 19.5 Å². The standard InChI is InChI=1S/C16H16ClFN2O/c1-10(13-4-2-3-5-14(13)17)20-9-12-7-6-11(16(19)21)8-15(12)18/h2-8,10,20H,9H2,1H3,(H2,19,21)/t10-/m1/s1. The van der Waals surface area contributed by atoms with Crippen LogP contribution in [0.2, 0.25) is 5.02 Å². The van der Waals surface area contributed by atoms with Crippen LogP contribution in [-0.2, 0) is 6.54 Å². The average molecular weight is 307 g/mol. The lowest BCUT2D eigenvalue weighted by molar-refractivity contribution is 0.1000. The number of hydrogen-bond donors (Lipinski definition) is 2. The van der Waals surface area contributed by atoms with E-state index >= 15 is 0 Å². The summed E-state index contributed by atoms with van der Waals surface area (Å²) in [7, 11) is 0. The first-order valence-corrected chi connectivity index (χ1v) is 6.93. The van der Waals surface area contributed by atoms with Crippen LogP contribution >= 0.6 is 11.6 Å². The van der Waals surface area contributed by atoms with Crippen molar-refractivity contribution in [1.29, 1.82) is 0 Å². The Kier molecular flexibility index (Phi) is 4.94. The fourth-order valence-corrected chi connectivity index (χ4v) is 2.34. The maximum Gasteiger partial charge on any atom is 0.248 e. The Balaban J connectivity index is 2.06. The molecule has 0 bridgehead atoms. The smallest absolute Gasteiger partial charge is 0.248 e. The molecule has 0 saturated carbocycles. The summed E-state index contributed by atoms with van der Waals surface area (Å²) in [6, 6.07) is 11.7. The number of halogens is 2. The van der Waals surface area contributed by atoms with E-state index in [0.29, 0.717) is 17.1 Å². The molecule has 0 aromatic heterocycles. The van der Waals surface area contributed by atoms with Crippen LogP contribution in [0.4, 0.5) is 4.39 Å². The van der Waals surface area contributed by atoms with Gasteiger partial charge in [0.05, 0.1) is 0 Å². The average Bonchev–Trinajstić information content (AvgIpc) is 2.46. The predicted octanol–water partition coefficient (Wildman–Crippen LogP) is 3.43. The number of hydrogen-bond acceptors (Lipinski definition) is 2. The van der Waals surface area contributed by atoms with Crippen LogP contribution in [-0.4, -0.2) is 5.91 Å². The summed E-state index contributed by atoms with van der Waals surface area (Å²) in [6.45, 7) is 2.29. The van der Waals surface area contributed by atoms with E-state index in [1.807, 2.05) is 31.2 Å². The van der Waals surface area contributed by atoms with E-state index in [9.17, 15) is 9.18 Å². The molecule has 0 aliphatic heterocycles. The highest BCUT2D eigenvalue weighted by molar-refractivity contribution is 6.31. The van der Waals surface area contributed by atoms with Crippen LogP contribution in [0.15, 0.2) is 42.5 Å². The molecule has 0 aliphatic rings. The minimum absolute atomic E-state index is 0.0195. The van der Waals surface area contributed by atoms with Crippen LogP contribution in [0, 0.1) is 5.82 Å². The number of primary amides is 1. The highest BCUT2D eigenvalue weighted by Crippen LogP contribution is 2.22. The molecule has 3 N–H and O–H groups in total. The molecule has 0 radical (unpaired) electrons. The Morgan fingerprint density at radius 1 is 1.33 bits per heavy atom. The van der Waals surface area contributed by atoms with E-state index in [2.05, 4.69) is 5.32 Å². The van der Waals surface area contributed by atoms with E-state index < -0.39 is 11.7 Å². The van der Waals surface area contributed by atoms with Gasteiger partial charge in [-0.15, -0.1) is 0 Å². The second kappa shape index (κ2) is 6.70.